The van der Waals surface area contributed by atoms with Crippen LogP contribution < -0.4 is 0 Å². The van der Waals surface area contributed by atoms with E-state index in [-0.39, 0.29) is 4.42 Å². The number of carboxylic acid groups (broad SMARTS) is 1. The molecule has 0 amide bonds. The molecule has 0 aliphatic rings. The minimum atomic E-state index is -0.920. The van der Waals surface area contributed by atoms with Crippen molar-refractivity contribution >= 4 is 26.0 Å². The number of carbonyl (C=O) groups is 1. The van der Waals surface area contributed by atoms with E-state index in [4.69, 9.17) is 5.11 Å². The second kappa shape index (κ2) is 3.46. The van der Waals surface area contributed by atoms with Crippen LogP contribution in [-0.4, -0.2) is 31.1 Å². The van der Waals surface area contributed by atoms with Gasteiger partial charge in [0, 0.05) is 0 Å². The molecular weight excluding hydrogens is 207 g/mol. The summed E-state index contributed by atoms with van der Waals surface area (Å²) in [5, 5.41) is 8.57. The van der Waals surface area contributed by atoms with Gasteiger partial charge in [-0.3, -0.25) is 0 Å². The summed E-state index contributed by atoms with van der Waals surface area (Å²) < 4.78 is 0.255. The van der Waals surface area contributed by atoms with Crippen molar-refractivity contribution in [2.24, 2.45) is 0 Å². The van der Waals surface area contributed by atoms with E-state index in [1.54, 1.807) is 24.3 Å². The summed E-state index contributed by atoms with van der Waals surface area (Å²) in [5.41, 5.74) is 0.708. The van der Waals surface area contributed by atoms with Crippen LogP contribution in [0.2, 0.25) is 0 Å². The molecule has 56 valence electrons. The zero-order valence-corrected chi connectivity index (χ0v) is 7.36. The first-order valence-corrected chi connectivity index (χ1v) is 3.90. The molecule has 2 nitrogen and oxygen atoms in total. The molecule has 0 saturated carbocycles. The Balaban J connectivity index is 2.95. The zero-order valence-electron chi connectivity index (χ0n) is 5.65. The summed E-state index contributed by atoms with van der Waals surface area (Å²) in [4.78, 5) is 10.4. The summed E-state index contributed by atoms with van der Waals surface area (Å²) in [7, 11) is 0. The van der Waals surface area contributed by atoms with E-state index < -0.39 is 5.97 Å². The number of hydrogen-bond donors (Lipinski definition) is 1. The summed E-state index contributed by atoms with van der Waals surface area (Å²) in [5.74, 6) is -0.920. The molecule has 1 rings (SSSR count). The number of carboxylic acids is 1. The fourth-order valence-corrected chi connectivity index (χ4v) is 0.999. The van der Waals surface area contributed by atoms with Crippen molar-refractivity contribution in [2.75, 3.05) is 0 Å². The van der Waals surface area contributed by atoms with Crippen molar-refractivity contribution in [3.05, 3.63) is 35.9 Å². The predicted octanol–water partition coefficient (Wildman–Crippen LogP) is 0.460. The molecule has 0 atom stereocenters. The van der Waals surface area contributed by atoms with Gasteiger partial charge in [0.15, 0.2) is 0 Å². The molecule has 0 bridgehead atoms. The Morgan fingerprint density at radius 2 is 1.82 bits per heavy atom. The number of benzene rings is 1. The van der Waals surface area contributed by atoms with Crippen molar-refractivity contribution in [2.45, 2.75) is 0 Å². The van der Waals surface area contributed by atoms with Gasteiger partial charge in [0.25, 0.3) is 0 Å². The zero-order chi connectivity index (χ0) is 8.27. The Bertz CT molecular complexity index is 279. The molecule has 0 aliphatic heterocycles. The van der Waals surface area contributed by atoms with Gasteiger partial charge in [0.1, 0.15) is 0 Å². The molecule has 1 aromatic carbocycles. The molecule has 3 heteroatoms. The Labute approximate surface area is 72.2 Å². The van der Waals surface area contributed by atoms with Gasteiger partial charge in [0.05, 0.1) is 0 Å². The second-order valence-corrected chi connectivity index (χ2v) is 2.86. The topological polar surface area (TPSA) is 37.3 Å². The molecule has 0 heterocycles. The fraction of sp³-hybridized carbons (Fsp3) is 0. The van der Waals surface area contributed by atoms with Crippen LogP contribution in [0.4, 0.5) is 0 Å². The summed E-state index contributed by atoms with van der Waals surface area (Å²) in [6.45, 7) is 0. The summed E-state index contributed by atoms with van der Waals surface area (Å²) in [6.07, 6.45) is 0. The van der Waals surface area contributed by atoms with Crippen molar-refractivity contribution in [1.29, 1.82) is 0 Å². The van der Waals surface area contributed by atoms with Crippen LogP contribution in [0.15, 0.2) is 30.3 Å². The van der Waals surface area contributed by atoms with Crippen molar-refractivity contribution < 1.29 is 9.90 Å². The standard InChI is InChI=1S/C8H6O2Se/c9-8(10)7(11)6-4-2-1-3-5-6/h1-5H,(H,9,10). The third-order valence-electron chi connectivity index (χ3n) is 1.23. The summed E-state index contributed by atoms with van der Waals surface area (Å²) >= 11 is 2.51. The molecule has 0 radical (unpaired) electrons. The molecule has 0 fully saturated rings. The molecule has 0 unspecified atom stereocenters. The molecule has 1 aromatic rings. The summed E-state index contributed by atoms with van der Waals surface area (Å²) in [6, 6.07) is 8.95. The van der Waals surface area contributed by atoms with Gasteiger partial charge >= 0.3 is 71.8 Å². The SMILES string of the molecule is O=C(O)C(=[Se])c1ccccc1. The molecular formula is C8H6O2Se. The number of rotatable bonds is 2. The van der Waals surface area contributed by atoms with Gasteiger partial charge < -0.3 is 0 Å². The van der Waals surface area contributed by atoms with Gasteiger partial charge in [-0.05, 0) is 0 Å². The van der Waals surface area contributed by atoms with Crippen molar-refractivity contribution in [1.82, 2.24) is 0 Å². The van der Waals surface area contributed by atoms with Gasteiger partial charge in [0.2, 0.25) is 0 Å². The molecule has 1 N–H and O–H groups in total. The number of aliphatic carboxylic acids is 1. The van der Waals surface area contributed by atoms with E-state index >= 15 is 0 Å². The normalized spacial score (nSPS) is 9.09. The molecule has 0 aliphatic carbocycles. The van der Waals surface area contributed by atoms with Crippen molar-refractivity contribution in [3.8, 4) is 0 Å². The van der Waals surface area contributed by atoms with E-state index in [0.29, 0.717) is 5.56 Å². The van der Waals surface area contributed by atoms with Gasteiger partial charge in [-0.1, -0.05) is 0 Å². The quantitative estimate of drug-likeness (QED) is 0.724. The molecule has 0 spiro atoms. The van der Waals surface area contributed by atoms with E-state index in [0.717, 1.165) is 0 Å². The molecule has 11 heavy (non-hydrogen) atoms. The Morgan fingerprint density at radius 1 is 1.27 bits per heavy atom. The monoisotopic (exact) mass is 214 g/mol. The number of hydrogen-bond acceptors (Lipinski definition) is 1. The van der Waals surface area contributed by atoms with E-state index in [1.807, 2.05) is 6.07 Å². The van der Waals surface area contributed by atoms with Crippen LogP contribution in [0.1, 0.15) is 5.56 Å². The average Bonchev–Trinajstić information content (AvgIpc) is 2.05. The van der Waals surface area contributed by atoms with Gasteiger partial charge in [-0.25, -0.2) is 0 Å². The van der Waals surface area contributed by atoms with Crippen LogP contribution in [0.25, 0.3) is 0 Å². The maximum absolute atomic E-state index is 10.4. The van der Waals surface area contributed by atoms with E-state index in [2.05, 4.69) is 15.6 Å². The fourth-order valence-electron chi connectivity index (χ4n) is 0.713. The Kier molecular flexibility index (Phi) is 2.58. The first kappa shape index (κ1) is 8.18. The molecule has 0 aromatic heterocycles. The van der Waals surface area contributed by atoms with Crippen LogP contribution in [0.5, 0.6) is 0 Å². The third kappa shape index (κ3) is 2.00. The van der Waals surface area contributed by atoms with E-state index in [9.17, 15) is 4.79 Å². The van der Waals surface area contributed by atoms with Crippen molar-refractivity contribution in [3.63, 3.8) is 0 Å². The molecule has 0 saturated heterocycles. The third-order valence-corrected chi connectivity index (χ3v) is 2.09. The minimum absolute atomic E-state index is 0.255. The Morgan fingerprint density at radius 3 is 2.27 bits per heavy atom. The van der Waals surface area contributed by atoms with Crippen LogP contribution in [0.3, 0.4) is 0 Å². The van der Waals surface area contributed by atoms with Gasteiger partial charge in [-0.2, -0.15) is 0 Å². The van der Waals surface area contributed by atoms with Gasteiger partial charge in [-0.15, -0.1) is 0 Å². The Hall–Kier alpha value is -0.921. The van der Waals surface area contributed by atoms with E-state index in [1.165, 1.54) is 0 Å². The van der Waals surface area contributed by atoms with Crippen LogP contribution >= 0.6 is 0 Å². The second-order valence-electron chi connectivity index (χ2n) is 2.00. The first-order valence-electron chi connectivity index (χ1n) is 3.04. The predicted molar refractivity (Wildman–Crippen MR) is 43.9 cm³/mol. The average molecular weight is 213 g/mol. The first-order chi connectivity index (χ1) is 5.22. The maximum atomic E-state index is 10.4. The van der Waals surface area contributed by atoms with Crippen LogP contribution in [0, 0.1) is 0 Å². The van der Waals surface area contributed by atoms with Crippen LogP contribution in [-0.2, 0) is 4.79 Å².